The van der Waals surface area contributed by atoms with Crippen LogP contribution in [0, 0.1) is 0 Å². The molecule has 1 rings (SSSR count). The van der Waals surface area contributed by atoms with E-state index in [-0.39, 0.29) is 11.8 Å². The van der Waals surface area contributed by atoms with Crippen molar-refractivity contribution in [3.63, 3.8) is 0 Å². The first-order chi connectivity index (χ1) is 9.46. The second-order valence-electron chi connectivity index (χ2n) is 5.31. The molecule has 0 aromatic rings. The molecule has 1 heterocycles. The van der Waals surface area contributed by atoms with Gasteiger partial charge < -0.3 is 19.7 Å². The maximum Gasteiger partial charge on any atom is 0.248 e. The molecule has 0 aromatic heterocycles. The Hall–Kier alpha value is -1.14. The molecule has 0 bridgehead atoms. The van der Waals surface area contributed by atoms with Crippen molar-refractivity contribution in [1.29, 1.82) is 0 Å². The Bertz CT molecular complexity index is 348. The van der Waals surface area contributed by atoms with Crippen LogP contribution in [-0.2, 0) is 19.1 Å². The second-order valence-corrected chi connectivity index (χ2v) is 5.31. The number of methoxy groups -OCH3 is 1. The van der Waals surface area contributed by atoms with Crippen molar-refractivity contribution in [3.05, 3.63) is 0 Å². The molecular weight excluding hydrogens is 260 g/mol. The fraction of sp³-hybridized carbons (Fsp3) is 0.857. The number of rotatable bonds is 8. The lowest BCUT2D eigenvalue weighted by molar-refractivity contribution is -0.153. The Morgan fingerprint density at radius 1 is 1.30 bits per heavy atom. The first-order valence-corrected chi connectivity index (χ1v) is 7.16. The summed E-state index contributed by atoms with van der Waals surface area (Å²) >= 11 is 0. The summed E-state index contributed by atoms with van der Waals surface area (Å²) < 4.78 is 10.3. The molecule has 116 valence electrons. The van der Waals surface area contributed by atoms with Crippen LogP contribution in [0.1, 0.15) is 33.6 Å². The van der Waals surface area contributed by atoms with E-state index in [1.807, 2.05) is 6.92 Å². The van der Waals surface area contributed by atoms with Crippen LogP contribution in [0.2, 0.25) is 0 Å². The fourth-order valence-electron chi connectivity index (χ4n) is 2.18. The quantitative estimate of drug-likeness (QED) is 0.662. The second kappa shape index (κ2) is 7.59. The predicted octanol–water partition coefficient (Wildman–Crippen LogP) is 0.555. The van der Waals surface area contributed by atoms with E-state index in [4.69, 9.17) is 9.47 Å². The highest BCUT2D eigenvalue weighted by Crippen LogP contribution is 2.21. The number of nitrogens with one attached hydrogen (secondary N) is 1. The number of carbonyl (C=O) groups excluding carboxylic acids is 2. The van der Waals surface area contributed by atoms with Crippen LogP contribution >= 0.6 is 0 Å². The highest BCUT2D eigenvalue weighted by molar-refractivity contribution is 5.99. The summed E-state index contributed by atoms with van der Waals surface area (Å²) in [5.74, 6) is -0.0988. The van der Waals surface area contributed by atoms with Gasteiger partial charge in [-0.15, -0.1) is 0 Å². The van der Waals surface area contributed by atoms with Crippen molar-refractivity contribution in [1.82, 2.24) is 10.2 Å². The Balaban J connectivity index is 2.49. The normalized spacial score (nSPS) is 26.8. The van der Waals surface area contributed by atoms with E-state index in [0.717, 1.165) is 0 Å². The van der Waals surface area contributed by atoms with Crippen LogP contribution in [0.3, 0.4) is 0 Å². The molecule has 1 aliphatic heterocycles. The van der Waals surface area contributed by atoms with Crippen LogP contribution in [-0.4, -0.2) is 61.8 Å². The van der Waals surface area contributed by atoms with Gasteiger partial charge in [-0.2, -0.15) is 0 Å². The minimum atomic E-state index is -0.777. The monoisotopic (exact) mass is 286 g/mol. The molecule has 6 heteroatoms. The molecule has 1 aliphatic rings. The Kier molecular flexibility index (Phi) is 6.42. The van der Waals surface area contributed by atoms with Crippen LogP contribution in [0.25, 0.3) is 0 Å². The molecule has 20 heavy (non-hydrogen) atoms. The van der Waals surface area contributed by atoms with Crippen molar-refractivity contribution in [2.24, 2.45) is 0 Å². The number of piperazine rings is 1. The van der Waals surface area contributed by atoms with E-state index in [0.29, 0.717) is 39.2 Å². The fourth-order valence-corrected chi connectivity index (χ4v) is 2.18. The van der Waals surface area contributed by atoms with Crippen molar-refractivity contribution in [3.8, 4) is 0 Å². The van der Waals surface area contributed by atoms with Gasteiger partial charge in [-0.1, -0.05) is 6.92 Å². The predicted molar refractivity (Wildman–Crippen MR) is 75.3 cm³/mol. The van der Waals surface area contributed by atoms with Crippen LogP contribution in [0.4, 0.5) is 0 Å². The molecule has 0 spiro atoms. The van der Waals surface area contributed by atoms with Crippen LogP contribution < -0.4 is 5.32 Å². The van der Waals surface area contributed by atoms with Crippen molar-refractivity contribution >= 4 is 11.8 Å². The Labute approximate surface area is 120 Å². The third kappa shape index (κ3) is 3.93. The van der Waals surface area contributed by atoms with Crippen molar-refractivity contribution in [2.45, 2.75) is 45.2 Å². The number of hydrogen-bond acceptors (Lipinski definition) is 4. The first-order valence-electron chi connectivity index (χ1n) is 7.16. The van der Waals surface area contributed by atoms with E-state index in [1.54, 1.807) is 25.9 Å². The summed E-state index contributed by atoms with van der Waals surface area (Å²) in [6.07, 6.45) is 1.30. The average molecular weight is 286 g/mol. The molecule has 1 fully saturated rings. The van der Waals surface area contributed by atoms with Gasteiger partial charge in [0.05, 0.1) is 13.2 Å². The lowest BCUT2D eigenvalue weighted by atomic mass is 9.92. The molecule has 0 aliphatic carbocycles. The summed E-state index contributed by atoms with van der Waals surface area (Å²) in [5, 5.41) is 2.81. The van der Waals surface area contributed by atoms with Gasteiger partial charge in [0.15, 0.2) is 0 Å². The number of ether oxygens (including phenoxy) is 2. The van der Waals surface area contributed by atoms with Gasteiger partial charge in [-0.3, -0.25) is 9.59 Å². The highest BCUT2D eigenvalue weighted by Gasteiger charge is 2.44. The van der Waals surface area contributed by atoms with Gasteiger partial charge in [-0.05, 0) is 26.7 Å². The third-order valence-corrected chi connectivity index (χ3v) is 3.81. The lowest BCUT2D eigenvalue weighted by Crippen LogP contribution is -2.68. The van der Waals surface area contributed by atoms with E-state index in [9.17, 15) is 9.59 Å². The SMILES string of the molecule is CCC1(C)NC(=O)C(C)N(CCCOCCOC)C1=O. The minimum absolute atomic E-state index is 0.0102. The zero-order valence-corrected chi connectivity index (χ0v) is 12.9. The summed E-state index contributed by atoms with van der Waals surface area (Å²) in [6.45, 7) is 7.65. The number of amides is 2. The molecule has 2 unspecified atom stereocenters. The minimum Gasteiger partial charge on any atom is -0.382 e. The smallest absolute Gasteiger partial charge is 0.248 e. The van der Waals surface area contributed by atoms with Crippen LogP contribution in [0.15, 0.2) is 0 Å². The molecule has 2 amide bonds. The molecule has 1 N–H and O–H groups in total. The maximum absolute atomic E-state index is 12.5. The maximum atomic E-state index is 12.5. The number of hydrogen-bond donors (Lipinski definition) is 1. The molecule has 6 nitrogen and oxygen atoms in total. The standard InChI is InChI=1S/C14H26N2O4/c1-5-14(3)13(18)16(11(2)12(17)15-14)7-6-8-20-10-9-19-4/h11H,5-10H2,1-4H3,(H,15,17). The van der Waals surface area contributed by atoms with Crippen LogP contribution in [0.5, 0.6) is 0 Å². The van der Waals surface area contributed by atoms with E-state index in [1.165, 1.54) is 0 Å². The zero-order chi connectivity index (χ0) is 15.2. The summed E-state index contributed by atoms with van der Waals surface area (Å²) in [5.41, 5.74) is -0.777. The van der Waals surface area contributed by atoms with E-state index >= 15 is 0 Å². The van der Waals surface area contributed by atoms with Gasteiger partial charge in [0, 0.05) is 20.3 Å². The number of carbonyl (C=O) groups is 2. The van der Waals surface area contributed by atoms with Gasteiger partial charge in [0.2, 0.25) is 11.8 Å². The molecular formula is C14H26N2O4. The van der Waals surface area contributed by atoms with Crippen molar-refractivity contribution < 1.29 is 19.1 Å². The summed E-state index contributed by atoms with van der Waals surface area (Å²) in [7, 11) is 1.63. The van der Waals surface area contributed by atoms with Gasteiger partial charge in [-0.25, -0.2) is 0 Å². The van der Waals surface area contributed by atoms with Gasteiger partial charge >= 0.3 is 0 Å². The van der Waals surface area contributed by atoms with E-state index < -0.39 is 11.6 Å². The third-order valence-electron chi connectivity index (χ3n) is 3.81. The molecule has 2 atom stereocenters. The Morgan fingerprint density at radius 2 is 2.00 bits per heavy atom. The van der Waals surface area contributed by atoms with Gasteiger partial charge in [0.1, 0.15) is 11.6 Å². The molecule has 0 saturated carbocycles. The zero-order valence-electron chi connectivity index (χ0n) is 12.9. The van der Waals surface area contributed by atoms with Gasteiger partial charge in [0.25, 0.3) is 0 Å². The van der Waals surface area contributed by atoms with E-state index in [2.05, 4.69) is 5.32 Å². The topological polar surface area (TPSA) is 67.9 Å². The average Bonchev–Trinajstić information content (AvgIpc) is 2.43. The lowest BCUT2D eigenvalue weighted by Gasteiger charge is -2.43. The molecule has 1 saturated heterocycles. The largest absolute Gasteiger partial charge is 0.382 e. The van der Waals surface area contributed by atoms with Crippen molar-refractivity contribution in [2.75, 3.05) is 33.5 Å². The number of nitrogens with zero attached hydrogens (tertiary/aromatic N) is 1. The first kappa shape index (κ1) is 16.9. The summed E-state index contributed by atoms with van der Waals surface area (Å²) in [4.78, 5) is 26.1. The molecule has 0 aromatic carbocycles. The highest BCUT2D eigenvalue weighted by atomic mass is 16.5. The Morgan fingerprint density at radius 3 is 2.60 bits per heavy atom. The molecule has 0 radical (unpaired) electrons. The summed E-state index contributed by atoms with van der Waals surface area (Å²) in [6, 6.07) is -0.416.